The normalized spacial score (nSPS) is 17.0. The smallest absolute Gasteiger partial charge is 0.301 e. The number of aliphatic hydroxyl groups is 1. The van der Waals surface area contributed by atoms with Crippen LogP contribution in [0.2, 0.25) is 5.02 Å². The van der Waals surface area contributed by atoms with Crippen molar-refractivity contribution in [3.8, 4) is 5.75 Å². The van der Waals surface area contributed by atoms with Crippen molar-refractivity contribution in [2.45, 2.75) is 16.1 Å². The number of hydrogen-bond acceptors (Lipinski definition) is 9. The van der Waals surface area contributed by atoms with Crippen LogP contribution in [0.1, 0.15) is 22.7 Å². The number of hydrogen-bond donors (Lipinski definition) is 2. The van der Waals surface area contributed by atoms with Crippen LogP contribution < -0.4 is 4.90 Å². The number of ketones is 1. The minimum atomic E-state index is -0.958. The van der Waals surface area contributed by atoms with Gasteiger partial charge in [-0.15, -0.1) is 10.2 Å². The van der Waals surface area contributed by atoms with Gasteiger partial charge in [0.25, 0.3) is 5.78 Å². The Morgan fingerprint density at radius 2 is 1.69 bits per heavy atom. The number of aromatic hydroxyl groups is 1. The van der Waals surface area contributed by atoms with E-state index in [1.807, 2.05) is 24.3 Å². The average Bonchev–Trinajstić information content (AvgIpc) is 3.46. The van der Waals surface area contributed by atoms with Gasteiger partial charge in [-0.05, 0) is 47.5 Å². The molecular weight excluding hydrogens is 520 g/mol. The molecule has 2 aromatic heterocycles. The number of phenolic OH excluding ortho intramolecular Hbond substituents is 1. The predicted molar refractivity (Wildman–Crippen MR) is 138 cm³/mol. The quantitative estimate of drug-likeness (QED) is 0.113. The zero-order valence-electron chi connectivity index (χ0n) is 18.4. The number of benzene rings is 2. The highest BCUT2D eigenvalue weighted by molar-refractivity contribution is 8.00. The van der Waals surface area contributed by atoms with Gasteiger partial charge in [-0.1, -0.05) is 59.0 Å². The predicted octanol–water partition coefficient (Wildman–Crippen LogP) is 5.21. The van der Waals surface area contributed by atoms with Gasteiger partial charge in [0, 0.05) is 28.7 Å². The summed E-state index contributed by atoms with van der Waals surface area (Å²) >= 11 is 8.56. The van der Waals surface area contributed by atoms with E-state index in [9.17, 15) is 19.8 Å². The van der Waals surface area contributed by atoms with Gasteiger partial charge in [-0.25, -0.2) is 0 Å². The Bertz CT molecular complexity index is 1460. The van der Waals surface area contributed by atoms with Crippen LogP contribution in [0, 0.1) is 0 Å². The SMILES string of the molecule is O=C1C(=O)N(c2nnc(SCc3ccc(Cl)cc3)s2)C(c2ccc(O)cc2)/C1=C(\O)c1ccncc1. The first kappa shape index (κ1) is 24.0. The Hall–Kier alpha value is -3.73. The van der Waals surface area contributed by atoms with Crippen molar-refractivity contribution < 1.29 is 19.8 Å². The summed E-state index contributed by atoms with van der Waals surface area (Å²) in [5.74, 6) is -1.34. The number of rotatable bonds is 6. The first-order valence-electron chi connectivity index (χ1n) is 10.6. The summed E-state index contributed by atoms with van der Waals surface area (Å²) < 4.78 is 0.612. The third-order valence-electron chi connectivity index (χ3n) is 5.48. The molecule has 1 atom stereocenters. The molecule has 2 aromatic carbocycles. The van der Waals surface area contributed by atoms with Crippen LogP contribution in [0.4, 0.5) is 5.13 Å². The fraction of sp³-hybridized carbons (Fsp3) is 0.0800. The third kappa shape index (κ3) is 4.70. The molecule has 0 saturated carbocycles. The lowest BCUT2D eigenvalue weighted by atomic mass is 9.95. The first-order chi connectivity index (χ1) is 17.4. The van der Waals surface area contributed by atoms with Crippen LogP contribution in [0.3, 0.4) is 0 Å². The lowest BCUT2D eigenvalue weighted by Gasteiger charge is -2.22. The molecule has 0 radical (unpaired) electrons. The second kappa shape index (κ2) is 10.1. The number of aromatic nitrogens is 3. The maximum absolute atomic E-state index is 13.2. The maximum atomic E-state index is 13.2. The van der Waals surface area contributed by atoms with Crippen LogP contribution in [0.25, 0.3) is 5.76 Å². The van der Waals surface area contributed by atoms with Gasteiger partial charge in [0.05, 0.1) is 11.6 Å². The Morgan fingerprint density at radius 1 is 1.00 bits per heavy atom. The molecule has 4 aromatic rings. The fourth-order valence-electron chi connectivity index (χ4n) is 3.75. The van der Waals surface area contributed by atoms with Gasteiger partial charge in [-0.3, -0.25) is 19.5 Å². The van der Waals surface area contributed by atoms with Crippen molar-refractivity contribution in [1.82, 2.24) is 15.2 Å². The highest BCUT2D eigenvalue weighted by Gasteiger charge is 2.48. The van der Waals surface area contributed by atoms with Gasteiger partial charge in [0.2, 0.25) is 5.13 Å². The van der Waals surface area contributed by atoms with E-state index >= 15 is 0 Å². The minimum absolute atomic E-state index is 0.0293. The Balaban J connectivity index is 1.52. The molecule has 0 spiro atoms. The van der Waals surface area contributed by atoms with Crippen LogP contribution in [0.5, 0.6) is 5.75 Å². The van der Waals surface area contributed by atoms with Crippen LogP contribution in [-0.4, -0.2) is 37.1 Å². The summed E-state index contributed by atoms with van der Waals surface area (Å²) in [7, 11) is 0. The van der Waals surface area contributed by atoms with E-state index in [1.165, 1.54) is 52.5 Å². The van der Waals surface area contributed by atoms with Gasteiger partial charge in [0.1, 0.15) is 11.5 Å². The number of phenols is 1. The van der Waals surface area contributed by atoms with E-state index in [-0.39, 0.29) is 22.2 Å². The number of pyridine rings is 1. The summed E-state index contributed by atoms with van der Waals surface area (Å²) in [5.41, 5.74) is 1.84. The average molecular weight is 537 g/mol. The van der Waals surface area contributed by atoms with Crippen molar-refractivity contribution in [3.63, 3.8) is 0 Å². The van der Waals surface area contributed by atoms with Gasteiger partial charge in [-0.2, -0.15) is 0 Å². The summed E-state index contributed by atoms with van der Waals surface area (Å²) in [4.78, 5) is 31.6. The van der Waals surface area contributed by atoms with Crippen molar-refractivity contribution in [3.05, 3.63) is 100 Å². The van der Waals surface area contributed by atoms with E-state index in [0.29, 0.717) is 26.2 Å². The fourth-order valence-corrected chi connectivity index (χ4v) is 5.70. The molecular formula is C25H17ClN4O4S2. The zero-order chi connectivity index (χ0) is 25.2. The summed E-state index contributed by atoms with van der Waals surface area (Å²) in [5, 5.41) is 30.1. The molecule has 1 fully saturated rings. The molecule has 2 N–H and O–H groups in total. The van der Waals surface area contributed by atoms with Crippen molar-refractivity contribution in [1.29, 1.82) is 0 Å². The Morgan fingerprint density at radius 3 is 2.39 bits per heavy atom. The van der Waals surface area contributed by atoms with Crippen LogP contribution >= 0.6 is 34.7 Å². The molecule has 0 aliphatic carbocycles. The number of carbonyl (C=O) groups is 2. The Labute approximate surface area is 218 Å². The zero-order valence-corrected chi connectivity index (χ0v) is 20.8. The van der Waals surface area contributed by atoms with Crippen molar-refractivity contribution in [2.75, 3.05) is 4.90 Å². The lowest BCUT2D eigenvalue weighted by Crippen LogP contribution is -2.29. The standard InChI is InChI=1S/C25H17ClN4O4S2/c26-17-5-1-14(2-6-17)13-35-25-29-28-24(36-25)30-20(15-3-7-18(31)8-4-15)19(22(33)23(30)34)21(32)16-9-11-27-12-10-16/h1-12,20,31-32H,13H2/b21-19+. The van der Waals surface area contributed by atoms with E-state index in [4.69, 9.17) is 11.6 Å². The number of thioether (sulfide) groups is 1. The van der Waals surface area contributed by atoms with E-state index < -0.39 is 17.7 Å². The molecule has 8 nitrogen and oxygen atoms in total. The monoisotopic (exact) mass is 536 g/mol. The molecule has 11 heteroatoms. The molecule has 1 unspecified atom stereocenters. The molecule has 0 bridgehead atoms. The van der Waals surface area contributed by atoms with Crippen molar-refractivity contribution in [2.24, 2.45) is 0 Å². The second-order valence-corrected chi connectivity index (χ2v) is 10.4. The van der Waals surface area contributed by atoms with E-state index in [1.54, 1.807) is 24.3 Å². The minimum Gasteiger partial charge on any atom is -0.508 e. The number of nitrogens with zero attached hydrogens (tertiary/aromatic N) is 4. The molecule has 180 valence electrons. The third-order valence-corrected chi connectivity index (χ3v) is 7.86. The highest BCUT2D eigenvalue weighted by Crippen LogP contribution is 2.44. The number of amides is 1. The summed E-state index contributed by atoms with van der Waals surface area (Å²) in [6.07, 6.45) is 2.96. The molecule has 1 amide bonds. The highest BCUT2D eigenvalue weighted by atomic mass is 35.5. The topological polar surface area (TPSA) is 117 Å². The van der Waals surface area contributed by atoms with Crippen LogP contribution in [0.15, 0.2) is 83.0 Å². The van der Waals surface area contributed by atoms with Gasteiger partial charge < -0.3 is 10.2 Å². The van der Waals surface area contributed by atoms with Gasteiger partial charge in [0.15, 0.2) is 4.34 Å². The van der Waals surface area contributed by atoms with Crippen LogP contribution in [-0.2, 0) is 15.3 Å². The number of aliphatic hydroxyl groups excluding tert-OH is 1. The molecule has 1 saturated heterocycles. The molecule has 36 heavy (non-hydrogen) atoms. The first-order valence-corrected chi connectivity index (χ1v) is 12.8. The molecule has 3 heterocycles. The summed E-state index contributed by atoms with van der Waals surface area (Å²) in [6.45, 7) is 0. The Kier molecular flexibility index (Phi) is 6.73. The summed E-state index contributed by atoms with van der Waals surface area (Å²) in [6, 6.07) is 15.7. The van der Waals surface area contributed by atoms with Crippen molar-refractivity contribution >= 4 is 57.3 Å². The molecule has 1 aliphatic rings. The number of carbonyl (C=O) groups excluding carboxylic acids is 2. The number of halogens is 1. The molecule has 5 rings (SSSR count). The second-order valence-electron chi connectivity index (χ2n) is 7.76. The van der Waals surface area contributed by atoms with E-state index in [2.05, 4.69) is 15.2 Å². The maximum Gasteiger partial charge on any atom is 0.301 e. The number of Topliss-reactive ketones (excluding diaryl/α,β-unsaturated/α-hetero) is 1. The van der Waals surface area contributed by atoms with Gasteiger partial charge >= 0.3 is 5.91 Å². The largest absolute Gasteiger partial charge is 0.508 e. The molecule has 1 aliphatic heterocycles. The lowest BCUT2D eigenvalue weighted by molar-refractivity contribution is -0.132. The van der Waals surface area contributed by atoms with E-state index in [0.717, 1.165) is 5.56 Å². The number of anilines is 1.